The molecule has 47 heavy (non-hydrogen) atoms. The molecule has 2 aliphatic heterocycles. The Hall–Kier alpha value is -5.90. The SMILES string of the molecule is Cc1ccc(NN2C(=O)C3CC4C(=CCn5c(=O)n(-c6ccccc6)c(=O)n54)C(c4cccc(O)c4)C3(c3ccccc3)C2=O)cc1. The van der Waals surface area contributed by atoms with E-state index < -0.39 is 46.5 Å². The zero-order valence-corrected chi connectivity index (χ0v) is 25.5. The highest BCUT2D eigenvalue weighted by atomic mass is 16.3. The van der Waals surface area contributed by atoms with E-state index >= 15 is 4.79 Å². The smallest absolute Gasteiger partial charge is 0.352 e. The monoisotopic (exact) mass is 625 g/mol. The van der Waals surface area contributed by atoms with Crippen LogP contribution in [0.15, 0.2) is 130 Å². The average molecular weight is 626 g/mol. The third kappa shape index (κ3) is 4.10. The number of allylic oxidation sites excluding steroid dienone is 2. The molecule has 5 aromatic rings. The maximum atomic E-state index is 15.1. The fraction of sp³-hybridized carbons (Fsp3) is 0.189. The first kappa shape index (κ1) is 28.6. The number of hydrazine groups is 1. The lowest BCUT2D eigenvalue weighted by molar-refractivity contribution is -0.138. The van der Waals surface area contributed by atoms with Crippen LogP contribution in [0.4, 0.5) is 5.69 Å². The fourth-order valence-electron chi connectivity index (χ4n) is 7.89. The van der Waals surface area contributed by atoms with Crippen molar-refractivity contribution in [2.45, 2.75) is 37.3 Å². The predicted octanol–water partition coefficient (Wildman–Crippen LogP) is 4.43. The minimum atomic E-state index is -1.42. The Bertz CT molecular complexity index is 2200. The number of fused-ring (bicyclic) bond motifs is 4. The van der Waals surface area contributed by atoms with E-state index in [-0.39, 0.29) is 18.7 Å². The van der Waals surface area contributed by atoms with Crippen LogP contribution < -0.4 is 16.8 Å². The predicted molar refractivity (Wildman–Crippen MR) is 175 cm³/mol. The molecular formula is C37H31N5O5. The van der Waals surface area contributed by atoms with Gasteiger partial charge in [0.15, 0.2) is 0 Å². The van der Waals surface area contributed by atoms with Crippen LogP contribution in [0.1, 0.15) is 35.1 Å². The Morgan fingerprint density at radius 2 is 1.51 bits per heavy atom. The van der Waals surface area contributed by atoms with Crippen molar-refractivity contribution < 1.29 is 14.7 Å². The molecule has 2 N–H and O–H groups in total. The molecule has 1 saturated carbocycles. The third-order valence-electron chi connectivity index (χ3n) is 9.87. The average Bonchev–Trinajstić information content (AvgIpc) is 3.47. The number of aromatic nitrogens is 3. The molecule has 1 saturated heterocycles. The Balaban J connectivity index is 1.37. The highest BCUT2D eigenvalue weighted by Crippen LogP contribution is 2.61. The van der Waals surface area contributed by atoms with Gasteiger partial charge in [-0.2, -0.15) is 5.01 Å². The largest absolute Gasteiger partial charge is 0.508 e. The van der Waals surface area contributed by atoms with Gasteiger partial charge in [-0.1, -0.05) is 84.4 Å². The summed E-state index contributed by atoms with van der Waals surface area (Å²) in [6, 6.07) is 31.4. The summed E-state index contributed by atoms with van der Waals surface area (Å²) in [5, 5.41) is 11.8. The third-order valence-corrected chi connectivity index (χ3v) is 9.87. The summed E-state index contributed by atoms with van der Waals surface area (Å²) in [5.74, 6) is -2.52. The van der Waals surface area contributed by atoms with Gasteiger partial charge in [0.2, 0.25) is 0 Å². The zero-order valence-electron chi connectivity index (χ0n) is 25.5. The summed E-state index contributed by atoms with van der Waals surface area (Å²) in [5.41, 5.74) is 4.73. The molecule has 3 aliphatic rings. The van der Waals surface area contributed by atoms with Gasteiger partial charge in [-0.15, -0.1) is 0 Å². The van der Waals surface area contributed by atoms with Crippen LogP contribution in [0, 0.1) is 12.8 Å². The molecule has 0 bridgehead atoms. The van der Waals surface area contributed by atoms with Gasteiger partial charge in [0.25, 0.3) is 11.8 Å². The molecular weight excluding hydrogens is 594 g/mol. The van der Waals surface area contributed by atoms with Gasteiger partial charge in [-0.05, 0) is 66.4 Å². The second-order valence-electron chi connectivity index (χ2n) is 12.4. The number of hydrogen-bond acceptors (Lipinski definition) is 6. The van der Waals surface area contributed by atoms with Crippen molar-refractivity contribution in [3.63, 3.8) is 0 Å². The molecule has 4 atom stereocenters. The molecule has 0 radical (unpaired) electrons. The number of phenolic OH excluding ortho intramolecular Hbond substituents is 1. The number of amides is 2. The number of phenols is 1. The first-order chi connectivity index (χ1) is 22.8. The molecule has 1 aliphatic carbocycles. The lowest BCUT2D eigenvalue weighted by Crippen LogP contribution is -2.53. The van der Waals surface area contributed by atoms with Gasteiger partial charge in [0, 0.05) is 5.92 Å². The molecule has 2 amide bonds. The van der Waals surface area contributed by atoms with Crippen LogP contribution in [0.2, 0.25) is 0 Å². The quantitative estimate of drug-likeness (QED) is 0.220. The number of nitrogens with one attached hydrogen (secondary N) is 1. The zero-order chi connectivity index (χ0) is 32.4. The molecule has 10 nitrogen and oxygen atoms in total. The summed E-state index contributed by atoms with van der Waals surface area (Å²) in [6.45, 7) is 2.05. The van der Waals surface area contributed by atoms with E-state index in [1.54, 1.807) is 42.5 Å². The molecule has 0 spiro atoms. The maximum Gasteiger partial charge on any atom is 0.352 e. The van der Waals surface area contributed by atoms with Crippen LogP contribution in [-0.2, 0) is 21.5 Å². The van der Waals surface area contributed by atoms with Gasteiger partial charge in [-0.25, -0.2) is 23.5 Å². The van der Waals surface area contributed by atoms with Gasteiger partial charge in [-0.3, -0.25) is 15.0 Å². The number of rotatable bonds is 5. The number of hydrogen-bond donors (Lipinski definition) is 2. The first-order valence-electron chi connectivity index (χ1n) is 15.6. The maximum absolute atomic E-state index is 15.1. The number of benzene rings is 4. The van der Waals surface area contributed by atoms with Crippen LogP contribution >= 0.6 is 0 Å². The summed E-state index contributed by atoms with van der Waals surface area (Å²) in [4.78, 5) is 57.6. The van der Waals surface area contributed by atoms with E-state index in [0.717, 1.165) is 20.7 Å². The van der Waals surface area contributed by atoms with Crippen LogP contribution in [0.5, 0.6) is 5.75 Å². The van der Waals surface area contributed by atoms with Crippen LogP contribution in [-0.4, -0.2) is 35.9 Å². The Morgan fingerprint density at radius 3 is 2.21 bits per heavy atom. The molecule has 10 heteroatoms. The number of imide groups is 1. The molecule has 2 fully saturated rings. The standard InChI is InChI=1S/C37H31N5O5/c1-23-15-17-26(18-16-23)38-41-33(44)30-22-31-29(19-20-39-35(46)40(36(47)42(31)39)27-12-6-3-7-13-27)32(24-9-8-14-28(43)21-24)37(30,34(41)45)25-10-4-2-5-11-25/h2-19,21,30-32,38,43H,20,22H2,1H3. The molecule has 8 rings (SSSR count). The van der Waals surface area contributed by atoms with Crippen molar-refractivity contribution >= 4 is 17.5 Å². The van der Waals surface area contributed by atoms with Crippen molar-refractivity contribution in [3.05, 3.63) is 159 Å². The Morgan fingerprint density at radius 1 is 0.809 bits per heavy atom. The molecule has 4 unspecified atom stereocenters. The van der Waals surface area contributed by atoms with E-state index in [1.807, 2.05) is 79.7 Å². The lowest BCUT2D eigenvalue weighted by atomic mass is 9.53. The topological polar surface area (TPSA) is 119 Å². The Kier molecular flexibility index (Phi) is 6.43. The number of carbonyl (C=O) groups excluding carboxylic acids is 2. The molecule has 3 heterocycles. The van der Waals surface area contributed by atoms with E-state index in [4.69, 9.17) is 0 Å². The van der Waals surface area contributed by atoms with Crippen molar-refractivity contribution in [1.82, 2.24) is 18.9 Å². The van der Waals surface area contributed by atoms with Gasteiger partial charge in [0.1, 0.15) is 5.75 Å². The van der Waals surface area contributed by atoms with E-state index in [2.05, 4.69) is 5.43 Å². The summed E-state index contributed by atoms with van der Waals surface area (Å²) >= 11 is 0. The second-order valence-corrected chi connectivity index (χ2v) is 12.4. The van der Waals surface area contributed by atoms with Crippen molar-refractivity contribution in [3.8, 4) is 11.4 Å². The van der Waals surface area contributed by atoms with Gasteiger partial charge < -0.3 is 5.11 Å². The summed E-state index contributed by atoms with van der Waals surface area (Å²) < 4.78 is 4.00. The number of anilines is 1. The number of aryl methyl sites for hydroxylation is 1. The van der Waals surface area contributed by atoms with E-state index in [1.165, 1.54) is 9.36 Å². The number of para-hydroxylation sites is 1. The number of aromatic hydroxyl groups is 1. The summed E-state index contributed by atoms with van der Waals surface area (Å²) in [6.07, 6.45) is 2.01. The number of carbonyl (C=O) groups is 2. The number of nitrogens with zero attached hydrogens (tertiary/aromatic N) is 4. The second kappa shape index (κ2) is 10.6. The summed E-state index contributed by atoms with van der Waals surface area (Å²) in [7, 11) is 0. The minimum Gasteiger partial charge on any atom is -0.508 e. The van der Waals surface area contributed by atoms with Crippen molar-refractivity contribution in [2.24, 2.45) is 5.92 Å². The lowest BCUT2D eigenvalue weighted by Gasteiger charge is -2.49. The normalized spacial score (nSPS) is 23.1. The van der Waals surface area contributed by atoms with Crippen LogP contribution in [0.3, 0.4) is 0 Å². The highest BCUT2D eigenvalue weighted by Gasteiger charge is 2.68. The Labute approximate surface area is 269 Å². The molecule has 1 aromatic heterocycles. The molecule has 234 valence electrons. The minimum absolute atomic E-state index is 0.0107. The van der Waals surface area contributed by atoms with Crippen LogP contribution in [0.25, 0.3) is 5.69 Å². The fourth-order valence-corrected chi connectivity index (χ4v) is 7.89. The molecule has 4 aromatic carbocycles. The highest BCUT2D eigenvalue weighted by molar-refractivity contribution is 6.12. The van der Waals surface area contributed by atoms with E-state index in [0.29, 0.717) is 22.5 Å². The van der Waals surface area contributed by atoms with Gasteiger partial charge in [0.05, 0.1) is 35.3 Å². The first-order valence-corrected chi connectivity index (χ1v) is 15.6. The van der Waals surface area contributed by atoms with Crippen molar-refractivity contribution in [1.29, 1.82) is 0 Å². The van der Waals surface area contributed by atoms with Gasteiger partial charge >= 0.3 is 11.4 Å². The van der Waals surface area contributed by atoms with E-state index in [9.17, 15) is 19.5 Å². The van der Waals surface area contributed by atoms with Crippen molar-refractivity contribution in [2.75, 3.05) is 5.43 Å².